The molecule has 0 heterocycles. The maximum Gasteiger partial charge on any atom is 0.314 e. The van der Waals surface area contributed by atoms with Crippen molar-refractivity contribution >= 4 is 34.4 Å². The molecule has 0 aliphatic heterocycles. The Bertz CT molecular complexity index is 607. The Morgan fingerprint density at radius 2 is 1.77 bits per heavy atom. The van der Waals surface area contributed by atoms with Gasteiger partial charge in [-0.2, -0.15) is 0 Å². The third-order valence-electron chi connectivity index (χ3n) is 5.27. The normalized spacial score (nSPS) is 20.0. The zero-order valence-electron chi connectivity index (χ0n) is 15.4. The molecule has 0 N–H and O–H groups in total. The Hall–Kier alpha value is -1.06. The van der Waals surface area contributed by atoms with Gasteiger partial charge in [0.15, 0.2) is 0 Å². The van der Waals surface area contributed by atoms with Crippen LogP contribution in [0.15, 0.2) is 18.2 Å². The van der Waals surface area contributed by atoms with E-state index < -0.39 is 5.24 Å². The molecule has 3 nitrogen and oxygen atoms in total. The first-order chi connectivity index (χ1) is 12.5. The van der Waals surface area contributed by atoms with Crippen LogP contribution in [0.3, 0.4) is 0 Å². The molecule has 1 aliphatic rings. The van der Waals surface area contributed by atoms with Crippen LogP contribution in [-0.2, 0) is 4.79 Å². The quantitative estimate of drug-likeness (QED) is 0.199. The third-order valence-corrected chi connectivity index (χ3v) is 5.78. The molecular weight excluding hydrogens is 371 g/mol. The molecule has 1 aromatic rings. The van der Waals surface area contributed by atoms with Gasteiger partial charge in [-0.05, 0) is 55.3 Å². The lowest BCUT2D eigenvalue weighted by atomic mass is 9.80. The summed E-state index contributed by atoms with van der Waals surface area (Å²) in [6.07, 6.45) is 11.9. The molecule has 2 rings (SSSR count). The van der Waals surface area contributed by atoms with Crippen molar-refractivity contribution in [2.75, 3.05) is 0 Å². The van der Waals surface area contributed by atoms with E-state index in [1.807, 2.05) is 0 Å². The zero-order chi connectivity index (χ0) is 18.9. The minimum Gasteiger partial charge on any atom is -0.426 e. The maximum absolute atomic E-state index is 12.4. The molecule has 0 amide bonds. The van der Waals surface area contributed by atoms with Crippen molar-refractivity contribution in [3.63, 3.8) is 0 Å². The summed E-state index contributed by atoms with van der Waals surface area (Å²) in [7, 11) is 0. The van der Waals surface area contributed by atoms with E-state index in [0.717, 1.165) is 31.6 Å². The van der Waals surface area contributed by atoms with E-state index in [9.17, 15) is 9.59 Å². The molecule has 5 heteroatoms. The molecule has 1 fully saturated rings. The summed E-state index contributed by atoms with van der Waals surface area (Å²) in [5.41, 5.74) is 0.215. The number of hydrogen-bond acceptors (Lipinski definition) is 3. The maximum atomic E-state index is 12.4. The first kappa shape index (κ1) is 21.2. The number of rotatable bonds is 9. The molecule has 0 unspecified atom stereocenters. The summed E-state index contributed by atoms with van der Waals surface area (Å²) in [6.45, 7) is 2.24. The van der Waals surface area contributed by atoms with E-state index in [2.05, 4.69) is 6.92 Å². The highest BCUT2D eigenvalue weighted by Crippen LogP contribution is 2.33. The van der Waals surface area contributed by atoms with Gasteiger partial charge in [-0.3, -0.25) is 9.59 Å². The van der Waals surface area contributed by atoms with Crippen molar-refractivity contribution in [2.45, 2.75) is 71.1 Å². The molecule has 1 aromatic carbocycles. The Labute approximate surface area is 166 Å². The van der Waals surface area contributed by atoms with Gasteiger partial charge < -0.3 is 4.74 Å². The first-order valence-corrected chi connectivity index (χ1v) is 10.5. The predicted octanol–water partition coefficient (Wildman–Crippen LogP) is 6.79. The molecule has 144 valence electrons. The zero-order valence-corrected chi connectivity index (χ0v) is 17.0. The molecule has 0 atom stereocenters. The Morgan fingerprint density at radius 1 is 1.08 bits per heavy atom. The summed E-state index contributed by atoms with van der Waals surface area (Å²) >= 11 is 11.4. The standard InChI is InChI=1S/C21H28Cl2O3/c1-2-3-4-5-6-7-15-8-10-16(11-9-15)21(25)26-17-12-13-18(20(23)24)19(22)14-17/h12-16H,2-11H2,1H3. The highest BCUT2D eigenvalue weighted by molar-refractivity contribution is 6.68. The molecule has 0 aromatic heterocycles. The third kappa shape index (κ3) is 6.59. The number of esters is 1. The average Bonchev–Trinajstić information content (AvgIpc) is 2.62. The fourth-order valence-electron chi connectivity index (χ4n) is 3.64. The highest BCUT2D eigenvalue weighted by Gasteiger charge is 2.27. The molecule has 0 bridgehead atoms. The van der Waals surface area contributed by atoms with Crippen LogP contribution in [-0.4, -0.2) is 11.2 Å². The fraction of sp³-hybridized carbons (Fsp3) is 0.619. The van der Waals surface area contributed by atoms with Crippen molar-refractivity contribution in [2.24, 2.45) is 11.8 Å². The van der Waals surface area contributed by atoms with Crippen LogP contribution in [0, 0.1) is 11.8 Å². The summed E-state index contributed by atoms with van der Waals surface area (Å²) in [6, 6.07) is 4.51. The lowest BCUT2D eigenvalue weighted by Gasteiger charge is -2.27. The van der Waals surface area contributed by atoms with Crippen LogP contribution in [0.5, 0.6) is 5.75 Å². The fourth-order valence-corrected chi connectivity index (χ4v) is 4.11. The van der Waals surface area contributed by atoms with Crippen LogP contribution in [0.2, 0.25) is 5.02 Å². The van der Waals surface area contributed by atoms with E-state index in [0.29, 0.717) is 5.75 Å². The second kappa shape index (κ2) is 10.9. The van der Waals surface area contributed by atoms with E-state index in [1.54, 1.807) is 6.07 Å². The molecule has 0 spiro atoms. The highest BCUT2D eigenvalue weighted by atomic mass is 35.5. The molecular formula is C21H28Cl2O3. The van der Waals surface area contributed by atoms with Crippen molar-refractivity contribution in [3.05, 3.63) is 28.8 Å². The summed E-state index contributed by atoms with van der Waals surface area (Å²) in [5, 5.41) is -0.428. The van der Waals surface area contributed by atoms with Gasteiger partial charge in [0, 0.05) is 6.07 Å². The van der Waals surface area contributed by atoms with Gasteiger partial charge in [0.1, 0.15) is 5.75 Å². The van der Waals surface area contributed by atoms with Crippen LogP contribution < -0.4 is 4.74 Å². The summed E-state index contributed by atoms with van der Waals surface area (Å²) < 4.78 is 5.45. The molecule has 0 radical (unpaired) electrons. The predicted molar refractivity (Wildman–Crippen MR) is 106 cm³/mol. The number of ether oxygens (including phenoxy) is 1. The van der Waals surface area contributed by atoms with Crippen molar-refractivity contribution < 1.29 is 14.3 Å². The minimum atomic E-state index is -0.624. The molecule has 0 saturated heterocycles. The first-order valence-electron chi connectivity index (χ1n) is 9.72. The SMILES string of the molecule is CCCCCCCC1CCC(C(=O)Oc2ccc(C(=O)Cl)c(Cl)c2)CC1. The van der Waals surface area contributed by atoms with Crippen molar-refractivity contribution in [1.82, 2.24) is 0 Å². The van der Waals surface area contributed by atoms with Crippen LogP contribution >= 0.6 is 23.2 Å². The van der Waals surface area contributed by atoms with Gasteiger partial charge in [-0.15, -0.1) is 0 Å². The number of unbranched alkanes of at least 4 members (excludes halogenated alkanes) is 4. The molecule has 26 heavy (non-hydrogen) atoms. The van der Waals surface area contributed by atoms with Gasteiger partial charge in [0.2, 0.25) is 0 Å². The van der Waals surface area contributed by atoms with Crippen LogP contribution in [0.4, 0.5) is 0 Å². The number of hydrogen-bond donors (Lipinski definition) is 0. The number of carbonyl (C=O) groups is 2. The van der Waals surface area contributed by atoms with Gasteiger partial charge in [-0.1, -0.05) is 57.0 Å². The monoisotopic (exact) mass is 398 g/mol. The second-order valence-electron chi connectivity index (χ2n) is 7.26. The second-order valence-corrected chi connectivity index (χ2v) is 8.01. The van der Waals surface area contributed by atoms with Crippen molar-refractivity contribution in [1.29, 1.82) is 0 Å². The van der Waals surface area contributed by atoms with Gasteiger partial charge in [0.05, 0.1) is 16.5 Å². The van der Waals surface area contributed by atoms with E-state index >= 15 is 0 Å². The Kier molecular flexibility index (Phi) is 8.94. The smallest absolute Gasteiger partial charge is 0.314 e. The van der Waals surface area contributed by atoms with Crippen LogP contribution in [0.1, 0.15) is 81.5 Å². The van der Waals surface area contributed by atoms with Gasteiger partial charge in [-0.25, -0.2) is 0 Å². The Balaban J connectivity index is 1.74. The number of halogens is 2. The summed E-state index contributed by atoms with van der Waals surface area (Å²) in [5.74, 6) is 0.871. The van der Waals surface area contributed by atoms with E-state index in [4.69, 9.17) is 27.9 Å². The topological polar surface area (TPSA) is 43.4 Å². The number of benzene rings is 1. The van der Waals surface area contributed by atoms with Gasteiger partial charge in [0.25, 0.3) is 5.24 Å². The lowest BCUT2D eigenvalue weighted by Crippen LogP contribution is -2.25. The van der Waals surface area contributed by atoms with Crippen LogP contribution in [0.25, 0.3) is 0 Å². The van der Waals surface area contributed by atoms with Crippen molar-refractivity contribution in [3.8, 4) is 5.75 Å². The van der Waals surface area contributed by atoms with E-state index in [1.165, 1.54) is 50.7 Å². The number of carbonyl (C=O) groups excluding carboxylic acids is 2. The summed E-state index contributed by atoms with van der Waals surface area (Å²) in [4.78, 5) is 23.6. The lowest BCUT2D eigenvalue weighted by molar-refractivity contribution is -0.140. The molecule has 1 saturated carbocycles. The van der Waals surface area contributed by atoms with Gasteiger partial charge >= 0.3 is 5.97 Å². The van der Waals surface area contributed by atoms with E-state index in [-0.39, 0.29) is 22.5 Å². The minimum absolute atomic E-state index is 0.0422. The average molecular weight is 399 g/mol. The Morgan fingerprint density at radius 3 is 2.38 bits per heavy atom. The molecule has 1 aliphatic carbocycles. The largest absolute Gasteiger partial charge is 0.426 e.